The average molecular weight is 337 g/mol. The van der Waals surface area contributed by atoms with Crippen molar-refractivity contribution in [3.63, 3.8) is 0 Å². The largest absolute Gasteiger partial charge is 0.307 e. The van der Waals surface area contributed by atoms with E-state index in [2.05, 4.69) is 17.3 Å². The van der Waals surface area contributed by atoms with Gasteiger partial charge < -0.3 is 5.32 Å². The maximum absolute atomic E-state index is 14.0. The smallest absolute Gasteiger partial charge is 0.151 e. The SMILES string of the molecule is Cc1c(C(C)NC2CCSCC2)cnn1-c1ccc(F)cc1F. The van der Waals surface area contributed by atoms with Gasteiger partial charge in [-0.15, -0.1) is 0 Å². The van der Waals surface area contributed by atoms with Gasteiger partial charge in [0.05, 0.1) is 6.20 Å². The van der Waals surface area contributed by atoms with E-state index in [1.165, 1.54) is 36.5 Å². The van der Waals surface area contributed by atoms with Gasteiger partial charge in [0, 0.05) is 29.4 Å². The Labute approximate surface area is 139 Å². The van der Waals surface area contributed by atoms with E-state index in [1.807, 2.05) is 18.7 Å². The summed E-state index contributed by atoms with van der Waals surface area (Å²) in [5.74, 6) is 1.21. The molecule has 0 aliphatic carbocycles. The third-order valence-corrected chi connectivity index (χ3v) is 5.41. The van der Waals surface area contributed by atoms with Crippen LogP contribution >= 0.6 is 11.8 Å². The number of aromatic nitrogens is 2. The van der Waals surface area contributed by atoms with E-state index < -0.39 is 11.6 Å². The fraction of sp³-hybridized carbons (Fsp3) is 0.471. The summed E-state index contributed by atoms with van der Waals surface area (Å²) in [4.78, 5) is 0. The summed E-state index contributed by atoms with van der Waals surface area (Å²) < 4.78 is 28.6. The summed E-state index contributed by atoms with van der Waals surface area (Å²) in [7, 11) is 0. The number of thioether (sulfide) groups is 1. The fourth-order valence-electron chi connectivity index (χ4n) is 3.05. The van der Waals surface area contributed by atoms with Crippen molar-refractivity contribution in [1.29, 1.82) is 0 Å². The second-order valence-corrected chi connectivity index (χ2v) is 7.19. The van der Waals surface area contributed by atoms with Gasteiger partial charge in [0.1, 0.15) is 11.5 Å². The fourth-order valence-corrected chi connectivity index (χ4v) is 4.16. The molecule has 1 aromatic heterocycles. The normalized spacial score (nSPS) is 17.4. The van der Waals surface area contributed by atoms with Crippen molar-refractivity contribution in [3.8, 4) is 5.69 Å². The van der Waals surface area contributed by atoms with Crippen LogP contribution in [0, 0.1) is 18.6 Å². The molecule has 124 valence electrons. The highest BCUT2D eigenvalue weighted by Crippen LogP contribution is 2.25. The van der Waals surface area contributed by atoms with Crippen LogP contribution in [0.3, 0.4) is 0 Å². The Morgan fingerprint density at radius 1 is 1.30 bits per heavy atom. The molecule has 1 aliphatic heterocycles. The number of rotatable bonds is 4. The zero-order valence-electron chi connectivity index (χ0n) is 13.4. The molecule has 3 nitrogen and oxygen atoms in total. The molecule has 0 radical (unpaired) electrons. The number of halogens is 2. The van der Waals surface area contributed by atoms with Crippen molar-refractivity contribution in [3.05, 3.63) is 47.3 Å². The lowest BCUT2D eigenvalue weighted by atomic mass is 10.1. The third kappa shape index (κ3) is 3.58. The molecule has 1 atom stereocenters. The number of benzene rings is 1. The lowest BCUT2D eigenvalue weighted by Crippen LogP contribution is -2.34. The average Bonchev–Trinajstić information content (AvgIpc) is 2.90. The second-order valence-electron chi connectivity index (χ2n) is 5.97. The summed E-state index contributed by atoms with van der Waals surface area (Å²) in [6.07, 6.45) is 4.12. The molecule has 1 N–H and O–H groups in total. The Hall–Kier alpha value is -1.40. The molecule has 0 bridgehead atoms. The van der Waals surface area contributed by atoms with Crippen LogP contribution in [-0.2, 0) is 0 Å². The molecule has 1 aromatic carbocycles. The standard InChI is InChI=1S/C17H21F2N3S/c1-11(21-14-5-7-23-8-6-14)15-10-20-22(12(15)2)17-4-3-13(18)9-16(17)19/h3-4,9-11,14,21H,5-8H2,1-2H3. The molecular weight excluding hydrogens is 316 g/mol. The topological polar surface area (TPSA) is 29.9 Å². The van der Waals surface area contributed by atoms with Crippen molar-refractivity contribution in [2.75, 3.05) is 11.5 Å². The van der Waals surface area contributed by atoms with Gasteiger partial charge in [0.2, 0.25) is 0 Å². The van der Waals surface area contributed by atoms with Gasteiger partial charge in [-0.3, -0.25) is 0 Å². The summed E-state index contributed by atoms with van der Waals surface area (Å²) in [6, 6.07) is 4.24. The van der Waals surface area contributed by atoms with Crippen LogP contribution in [0.15, 0.2) is 24.4 Å². The van der Waals surface area contributed by atoms with Crippen molar-refractivity contribution >= 4 is 11.8 Å². The van der Waals surface area contributed by atoms with Gasteiger partial charge >= 0.3 is 0 Å². The first-order chi connectivity index (χ1) is 11.1. The van der Waals surface area contributed by atoms with E-state index in [0.29, 0.717) is 6.04 Å². The third-order valence-electron chi connectivity index (χ3n) is 4.36. The first-order valence-corrected chi connectivity index (χ1v) is 9.05. The Morgan fingerprint density at radius 2 is 2.04 bits per heavy atom. The van der Waals surface area contributed by atoms with E-state index in [1.54, 1.807) is 10.9 Å². The summed E-state index contributed by atoms with van der Waals surface area (Å²) in [5.41, 5.74) is 2.20. The van der Waals surface area contributed by atoms with E-state index in [-0.39, 0.29) is 11.7 Å². The maximum Gasteiger partial charge on any atom is 0.151 e. The van der Waals surface area contributed by atoms with E-state index in [9.17, 15) is 8.78 Å². The molecule has 0 spiro atoms. The van der Waals surface area contributed by atoms with Crippen molar-refractivity contribution < 1.29 is 8.78 Å². The van der Waals surface area contributed by atoms with Crippen molar-refractivity contribution in [1.82, 2.24) is 15.1 Å². The van der Waals surface area contributed by atoms with E-state index >= 15 is 0 Å². The molecule has 1 fully saturated rings. The molecule has 1 saturated heterocycles. The molecule has 23 heavy (non-hydrogen) atoms. The predicted molar refractivity (Wildman–Crippen MR) is 90.1 cm³/mol. The second kappa shape index (κ2) is 7.01. The summed E-state index contributed by atoms with van der Waals surface area (Å²) in [5, 5.41) is 7.94. The van der Waals surface area contributed by atoms with Crippen LogP contribution in [0.1, 0.15) is 37.1 Å². The Balaban J connectivity index is 1.80. The first kappa shape index (κ1) is 16.5. The van der Waals surface area contributed by atoms with Crippen molar-refractivity contribution in [2.24, 2.45) is 0 Å². The quantitative estimate of drug-likeness (QED) is 0.914. The lowest BCUT2D eigenvalue weighted by molar-refractivity contribution is 0.430. The highest BCUT2D eigenvalue weighted by Gasteiger charge is 2.20. The van der Waals surface area contributed by atoms with Crippen LogP contribution in [0.4, 0.5) is 8.78 Å². The van der Waals surface area contributed by atoms with Crippen LogP contribution in [0.2, 0.25) is 0 Å². The highest BCUT2D eigenvalue weighted by atomic mass is 32.2. The minimum absolute atomic E-state index is 0.153. The number of nitrogens with one attached hydrogen (secondary N) is 1. The summed E-state index contributed by atoms with van der Waals surface area (Å²) in [6.45, 7) is 4.02. The molecule has 0 amide bonds. The van der Waals surface area contributed by atoms with Crippen LogP contribution in [0.25, 0.3) is 5.69 Å². The Morgan fingerprint density at radius 3 is 2.74 bits per heavy atom. The Kier molecular flexibility index (Phi) is 5.02. The van der Waals surface area contributed by atoms with Gasteiger partial charge in [-0.2, -0.15) is 16.9 Å². The Bertz CT molecular complexity index is 680. The van der Waals surface area contributed by atoms with Crippen molar-refractivity contribution in [2.45, 2.75) is 38.8 Å². The van der Waals surface area contributed by atoms with Gasteiger partial charge in [0.15, 0.2) is 5.82 Å². The molecule has 2 heterocycles. The molecule has 0 saturated carbocycles. The highest BCUT2D eigenvalue weighted by molar-refractivity contribution is 7.99. The number of nitrogens with zero attached hydrogens (tertiary/aromatic N) is 2. The maximum atomic E-state index is 14.0. The molecule has 2 aromatic rings. The first-order valence-electron chi connectivity index (χ1n) is 7.90. The monoisotopic (exact) mass is 337 g/mol. The van der Waals surface area contributed by atoms with Gasteiger partial charge in [-0.25, -0.2) is 13.5 Å². The van der Waals surface area contributed by atoms with Crippen LogP contribution in [0.5, 0.6) is 0 Å². The van der Waals surface area contributed by atoms with Gasteiger partial charge in [-0.05, 0) is 50.3 Å². The van der Waals surface area contributed by atoms with Gasteiger partial charge in [-0.1, -0.05) is 0 Å². The van der Waals surface area contributed by atoms with E-state index in [0.717, 1.165) is 17.3 Å². The minimum atomic E-state index is -0.604. The predicted octanol–water partition coefficient (Wildman–Crippen LogP) is 4.01. The van der Waals surface area contributed by atoms with Crippen LogP contribution in [-0.4, -0.2) is 27.3 Å². The minimum Gasteiger partial charge on any atom is -0.307 e. The summed E-state index contributed by atoms with van der Waals surface area (Å²) >= 11 is 2.00. The molecule has 6 heteroatoms. The van der Waals surface area contributed by atoms with E-state index in [4.69, 9.17) is 0 Å². The lowest BCUT2D eigenvalue weighted by Gasteiger charge is -2.26. The van der Waals surface area contributed by atoms with Gasteiger partial charge in [0.25, 0.3) is 0 Å². The molecule has 1 unspecified atom stereocenters. The molecule has 1 aliphatic rings. The zero-order valence-corrected chi connectivity index (χ0v) is 14.2. The molecular formula is C17H21F2N3S. The van der Waals surface area contributed by atoms with Crippen LogP contribution < -0.4 is 5.32 Å². The number of hydrogen-bond donors (Lipinski definition) is 1. The zero-order chi connectivity index (χ0) is 16.4. The number of hydrogen-bond acceptors (Lipinski definition) is 3. The molecule has 3 rings (SSSR count).